The van der Waals surface area contributed by atoms with Crippen LogP contribution in [0.2, 0.25) is 0 Å². The fourth-order valence-electron chi connectivity index (χ4n) is 1.80. The number of aromatic nitrogens is 1. The SMILES string of the molecule is CCC(CN)Cc1nc(-c2ccc(F)cc2)cs1. The van der Waals surface area contributed by atoms with Gasteiger partial charge in [0.1, 0.15) is 5.82 Å². The van der Waals surface area contributed by atoms with Gasteiger partial charge in [0.05, 0.1) is 10.7 Å². The van der Waals surface area contributed by atoms with Gasteiger partial charge in [-0.15, -0.1) is 11.3 Å². The van der Waals surface area contributed by atoms with Gasteiger partial charge in [0, 0.05) is 17.4 Å². The summed E-state index contributed by atoms with van der Waals surface area (Å²) in [5, 5.41) is 3.12. The molecule has 0 aliphatic carbocycles. The normalized spacial score (nSPS) is 12.6. The molecule has 1 aromatic carbocycles. The van der Waals surface area contributed by atoms with Crippen molar-refractivity contribution in [2.45, 2.75) is 19.8 Å². The number of rotatable bonds is 5. The molecule has 0 fully saturated rings. The summed E-state index contributed by atoms with van der Waals surface area (Å²) < 4.78 is 12.8. The molecule has 1 heterocycles. The molecule has 0 aliphatic rings. The van der Waals surface area contributed by atoms with Crippen LogP contribution in [0.25, 0.3) is 11.3 Å². The van der Waals surface area contributed by atoms with Gasteiger partial charge in [0.2, 0.25) is 0 Å². The maximum atomic E-state index is 12.8. The van der Waals surface area contributed by atoms with Crippen LogP contribution in [0.15, 0.2) is 29.6 Å². The molecule has 0 saturated carbocycles. The highest BCUT2D eigenvalue weighted by molar-refractivity contribution is 7.09. The fraction of sp³-hybridized carbons (Fsp3) is 0.357. The lowest BCUT2D eigenvalue weighted by Gasteiger charge is -2.08. The number of benzene rings is 1. The van der Waals surface area contributed by atoms with E-state index in [1.54, 1.807) is 23.5 Å². The lowest BCUT2D eigenvalue weighted by Crippen LogP contribution is -2.15. The van der Waals surface area contributed by atoms with Crippen LogP contribution in [0.1, 0.15) is 18.4 Å². The Kier molecular flexibility index (Phi) is 4.44. The van der Waals surface area contributed by atoms with E-state index in [1.165, 1.54) is 12.1 Å². The molecule has 2 aromatic rings. The van der Waals surface area contributed by atoms with E-state index in [1.807, 2.05) is 5.38 Å². The van der Waals surface area contributed by atoms with Gasteiger partial charge in [-0.3, -0.25) is 0 Å². The number of thiazole rings is 1. The van der Waals surface area contributed by atoms with Crippen molar-refractivity contribution in [1.29, 1.82) is 0 Å². The van der Waals surface area contributed by atoms with Crippen molar-refractivity contribution in [2.75, 3.05) is 6.54 Å². The van der Waals surface area contributed by atoms with Crippen molar-refractivity contribution >= 4 is 11.3 Å². The van der Waals surface area contributed by atoms with E-state index in [9.17, 15) is 4.39 Å². The zero-order valence-corrected chi connectivity index (χ0v) is 11.2. The van der Waals surface area contributed by atoms with E-state index in [2.05, 4.69) is 11.9 Å². The Balaban J connectivity index is 2.12. The van der Waals surface area contributed by atoms with Crippen molar-refractivity contribution < 1.29 is 4.39 Å². The van der Waals surface area contributed by atoms with Crippen LogP contribution in [0.5, 0.6) is 0 Å². The Morgan fingerprint density at radius 3 is 2.67 bits per heavy atom. The molecule has 2 N–H and O–H groups in total. The van der Waals surface area contributed by atoms with Gasteiger partial charge in [-0.2, -0.15) is 0 Å². The highest BCUT2D eigenvalue weighted by Gasteiger charge is 2.10. The number of halogens is 1. The van der Waals surface area contributed by atoms with Gasteiger partial charge in [-0.1, -0.05) is 13.3 Å². The van der Waals surface area contributed by atoms with Gasteiger partial charge >= 0.3 is 0 Å². The minimum atomic E-state index is -0.219. The maximum Gasteiger partial charge on any atom is 0.123 e. The van der Waals surface area contributed by atoms with E-state index in [-0.39, 0.29) is 5.82 Å². The Bertz CT molecular complexity index is 489. The largest absolute Gasteiger partial charge is 0.330 e. The van der Waals surface area contributed by atoms with Crippen LogP contribution in [0.4, 0.5) is 4.39 Å². The van der Waals surface area contributed by atoms with Crippen molar-refractivity contribution in [3.8, 4) is 11.3 Å². The molecular formula is C14H17FN2S. The fourth-order valence-corrected chi connectivity index (χ4v) is 2.72. The van der Waals surface area contributed by atoms with Crippen LogP contribution in [-0.4, -0.2) is 11.5 Å². The second kappa shape index (κ2) is 6.07. The second-order valence-corrected chi connectivity index (χ2v) is 5.29. The maximum absolute atomic E-state index is 12.8. The minimum absolute atomic E-state index is 0.219. The molecule has 0 spiro atoms. The monoisotopic (exact) mass is 264 g/mol. The molecule has 4 heteroatoms. The lowest BCUT2D eigenvalue weighted by atomic mass is 10.0. The molecule has 1 atom stereocenters. The van der Waals surface area contributed by atoms with E-state index in [0.29, 0.717) is 12.5 Å². The third-order valence-corrected chi connectivity index (χ3v) is 3.94. The molecule has 0 aliphatic heterocycles. The van der Waals surface area contributed by atoms with Crippen molar-refractivity contribution in [2.24, 2.45) is 11.7 Å². The Morgan fingerprint density at radius 1 is 1.33 bits per heavy atom. The molecule has 1 unspecified atom stereocenters. The molecule has 2 nitrogen and oxygen atoms in total. The zero-order chi connectivity index (χ0) is 13.0. The van der Waals surface area contributed by atoms with Gasteiger partial charge in [-0.25, -0.2) is 9.37 Å². The van der Waals surface area contributed by atoms with Gasteiger partial charge in [0.15, 0.2) is 0 Å². The molecule has 96 valence electrons. The van der Waals surface area contributed by atoms with Crippen molar-refractivity contribution in [3.05, 3.63) is 40.5 Å². The van der Waals surface area contributed by atoms with E-state index < -0.39 is 0 Å². The summed E-state index contributed by atoms with van der Waals surface area (Å²) in [7, 11) is 0. The molecule has 0 radical (unpaired) electrons. The second-order valence-electron chi connectivity index (χ2n) is 4.35. The van der Waals surface area contributed by atoms with Crippen LogP contribution >= 0.6 is 11.3 Å². The predicted molar refractivity (Wildman–Crippen MR) is 74.0 cm³/mol. The zero-order valence-electron chi connectivity index (χ0n) is 10.4. The summed E-state index contributed by atoms with van der Waals surface area (Å²) in [6, 6.07) is 6.44. The summed E-state index contributed by atoms with van der Waals surface area (Å²) in [4.78, 5) is 4.59. The smallest absolute Gasteiger partial charge is 0.123 e. The van der Waals surface area contributed by atoms with Crippen molar-refractivity contribution in [3.63, 3.8) is 0 Å². The molecule has 0 bridgehead atoms. The molecule has 1 aromatic heterocycles. The van der Waals surface area contributed by atoms with Gasteiger partial charge in [-0.05, 0) is 36.7 Å². The van der Waals surface area contributed by atoms with Gasteiger partial charge in [0.25, 0.3) is 0 Å². The first-order chi connectivity index (χ1) is 8.72. The van der Waals surface area contributed by atoms with Crippen LogP contribution in [0.3, 0.4) is 0 Å². The summed E-state index contributed by atoms with van der Waals surface area (Å²) in [5.74, 6) is 0.278. The number of hydrogen-bond donors (Lipinski definition) is 1. The molecule has 2 rings (SSSR count). The first-order valence-corrected chi connectivity index (χ1v) is 7.01. The standard InChI is InChI=1S/C14H17FN2S/c1-2-10(8-16)7-14-17-13(9-18-14)11-3-5-12(15)6-4-11/h3-6,9-10H,2,7-8,16H2,1H3. The van der Waals surface area contributed by atoms with Crippen LogP contribution in [0, 0.1) is 11.7 Å². The molecule has 18 heavy (non-hydrogen) atoms. The number of hydrogen-bond acceptors (Lipinski definition) is 3. The average Bonchev–Trinajstić information content (AvgIpc) is 2.85. The Morgan fingerprint density at radius 2 is 2.06 bits per heavy atom. The third kappa shape index (κ3) is 3.15. The summed E-state index contributed by atoms with van der Waals surface area (Å²) >= 11 is 1.65. The highest BCUT2D eigenvalue weighted by atomic mass is 32.1. The van der Waals surface area contributed by atoms with Crippen molar-refractivity contribution in [1.82, 2.24) is 4.98 Å². The highest BCUT2D eigenvalue weighted by Crippen LogP contribution is 2.24. The van der Waals surface area contributed by atoms with E-state index in [0.717, 1.165) is 29.1 Å². The molecule has 0 saturated heterocycles. The molecular weight excluding hydrogens is 247 g/mol. The first kappa shape index (κ1) is 13.2. The molecule has 0 amide bonds. The average molecular weight is 264 g/mol. The van der Waals surface area contributed by atoms with E-state index >= 15 is 0 Å². The lowest BCUT2D eigenvalue weighted by molar-refractivity contribution is 0.518. The quantitative estimate of drug-likeness (QED) is 0.898. The van der Waals surface area contributed by atoms with Crippen LogP contribution in [-0.2, 0) is 6.42 Å². The third-order valence-electron chi connectivity index (χ3n) is 3.07. The summed E-state index contributed by atoms with van der Waals surface area (Å²) in [6.45, 7) is 2.84. The Labute approximate surface area is 111 Å². The number of nitrogens with two attached hydrogens (primary N) is 1. The topological polar surface area (TPSA) is 38.9 Å². The van der Waals surface area contributed by atoms with Crippen LogP contribution < -0.4 is 5.73 Å². The van der Waals surface area contributed by atoms with E-state index in [4.69, 9.17) is 5.73 Å². The summed E-state index contributed by atoms with van der Waals surface area (Å²) in [5.41, 5.74) is 7.58. The first-order valence-electron chi connectivity index (χ1n) is 6.13. The number of nitrogens with zero attached hydrogens (tertiary/aromatic N) is 1. The predicted octanol–water partition coefficient (Wildman–Crippen LogP) is 3.48. The van der Waals surface area contributed by atoms with Gasteiger partial charge < -0.3 is 5.73 Å². The minimum Gasteiger partial charge on any atom is -0.330 e. The Hall–Kier alpha value is -1.26. The summed E-state index contributed by atoms with van der Waals surface area (Å²) in [6.07, 6.45) is 2.00.